The standard InChI is InChI=1S/C18H19BrN4S/c19-17-8-7-16(24-17)15-9-11-21-18(23-15)22-14-6-3-5-13(12-14)4-1-2-10-20/h3,5-9,11-12H,1-2,4,10,20H2,(H,21,22,23). The number of hydrogen-bond donors (Lipinski definition) is 2. The molecular weight excluding hydrogens is 384 g/mol. The smallest absolute Gasteiger partial charge is 0.227 e. The predicted molar refractivity (Wildman–Crippen MR) is 105 cm³/mol. The van der Waals surface area contributed by atoms with Gasteiger partial charge in [0.25, 0.3) is 0 Å². The Morgan fingerprint density at radius 2 is 2.04 bits per heavy atom. The third-order valence-electron chi connectivity index (χ3n) is 3.58. The van der Waals surface area contributed by atoms with E-state index in [4.69, 9.17) is 5.73 Å². The van der Waals surface area contributed by atoms with Crippen molar-refractivity contribution in [3.05, 3.63) is 58.0 Å². The van der Waals surface area contributed by atoms with E-state index in [0.29, 0.717) is 5.95 Å². The van der Waals surface area contributed by atoms with Crippen LogP contribution in [0.25, 0.3) is 10.6 Å². The first-order chi connectivity index (χ1) is 11.7. The lowest BCUT2D eigenvalue weighted by Gasteiger charge is -2.08. The van der Waals surface area contributed by atoms with Gasteiger partial charge in [0.15, 0.2) is 0 Å². The lowest BCUT2D eigenvalue weighted by molar-refractivity contribution is 0.745. The Morgan fingerprint density at radius 3 is 2.83 bits per heavy atom. The van der Waals surface area contributed by atoms with E-state index in [-0.39, 0.29) is 0 Å². The molecule has 0 bridgehead atoms. The van der Waals surface area contributed by atoms with Crippen molar-refractivity contribution < 1.29 is 0 Å². The van der Waals surface area contributed by atoms with Gasteiger partial charge in [0.05, 0.1) is 14.4 Å². The van der Waals surface area contributed by atoms with Gasteiger partial charge in [-0.25, -0.2) is 9.97 Å². The maximum absolute atomic E-state index is 5.56. The largest absolute Gasteiger partial charge is 0.330 e. The van der Waals surface area contributed by atoms with E-state index in [1.165, 1.54) is 5.56 Å². The van der Waals surface area contributed by atoms with Gasteiger partial charge in [-0.05, 0) is 77.6 Å². The Kier molecular flexibility index (Phi) is 5.96. The second-order valence-electron chi connectivity index (χ2n) is 5.44. The monoisotopic (exact) mass is 402 g/mol. The number of aryl methyl sites for hydroxylation is 1. The molecule has 0 aliphatic heterocycles. The van der Waals surface area contributed by atoms with E-state index < -0.39 is 0 Å². The van der Waals surface area contributed by atoms with E-state index in [2.05, 4.69) is 55.5 Å². The summed E-state index contributed by atoms with van der Waals surface area (Å²) >= 11 is 5.14. The van der Waals surface area contributed by atoms with Gasteiger partial charge in [0.2, 0.25) is 5.95 Å². The molecule has 0 saturated heterocycles. The molecule has 2 aromatic heterocycles. The number of benzene rings is 1. The van der Waals surface area contributed by atoms with Gasteiger partial charge >= 0.3 is 0 Å². The van der Waals surface area contributed by atoms with Gasteiger partial charge in [-0.3, -0.25) is 0 Å². The Labute approximate surface area is 154 Å². The summed E-state index contributed by atoms with van der Waals surface area (Å²) < 4.78 is 1.09. The summed E-state index contributed by atoms with van der Waals surface area (Å²) in [4.78, 5) is 10.0. The lowest BCUT2D eigenvalue weighted by Crippen LogP contribution is -2.00. The van der Waals surface area contributed by atoms with E-state index in [1.54, 1.807) is 17.5 Å². The predicted octanol–water partition coefficient (Wildman–Crippen LogP) is 4.99. The number of hydrogen-bond acceptors (Lipinski definition) is 5. The summed E-state index contributed by atoms with van der Waals surface area (Å²) in [6.07, 6.45) is 4.98. The highest BCUT2D eigenvalue weighted by atomic mass is 79.9. The molecule has 1 aromatic carbocycles. The summed E-state index contributed by atoms with van der Waals surface area (Å²) in [6, 6.07) is 14.4. The van der Waals surface area contributed by atoms with Crippen molar-refractivity contribution in [3.63, 3.8) is 0 Å². The number of nitrogens with one attached hydrogen (secondary N) is 1. The van der Waals surface area contributed by atoms with Crippen LogP contribution < -0.4 is 11.1 Å². The van der Waals surface area contributed by atoms with Gasteiger partial charge in [-0.2, -0.15) is 0 Å². The molecule has 0 unspecified atom stereocenters. The molecule has 124 valence electrons. The summed E-state index contributed by atoms with van der Waals surface area (Å²) in [5.41, 5.74) is 8.78. The molecule has 4 nitrogen and oxygen atoms in total. The molecule has 2 heterocycles. The van der Waals surface area contributed by atoms with Crippen LogP contribution in [0, 0.1) is 0 Å². The van der Waals surface area contributed by atoms with Crippen LogP contribution in [0.15, 0.2) is 52.4 Å². The van der Waals surface area contributed by atoms with Crippen LogP contribution in [0.2, 0.25) is 0 Å². The molecule has 0 saturated carbocycles. The molecule has 0 amide bonds. The van der Waals surface area contributed by atoms with E-state index in [9.17, 15) is 0 Å². The summed E-state index contributed by atoms with van der Waals surface area (Å²) in [5.74, 6) is 0.608. The number of rotatable bonds is 7. The highest BCUT2D eigenvalue weighted by Gasteiger charge is 2.05. The molecule has 0 aliphatic rings. The first kappa shape index (κ1) is 17.1. The number of anilines is 2. The van der Waals surface area contributed by atoms with Crippen molar-refractivity contribution in [2.24, 2.45) is 5.73 Å². The normalized spacial score (nSPS) is 10.8. The fourth-order valence-corrected chi connectivity index (χ4v) is 3.77. The van der Waals surface area contributed by atoms with E-state index in [1.807, 2.05) is 18.2 Å². The van der Waals surface area contributed by atoms with Gasteiger partial charge in [-0.1, -0.05) is 12.1 Å². The van der Waals surface area contributed by atoms with E-state index >= 15 is 0 Å². The van der Waals surface area contributed by atoms with Crippen molar-refractivity contribution in [2.45, 2.75) is 19.3 Å². The van der Waals surface area contributed by atoms with Crippen molar-refractivity contribution in [3.8, 4) is 10.6 Å². The number of unbranched alkanes of at least 4 members (excludes halogenated alkanes) is 1. The molecule has 6 heteroatoms. The zero-order chi connectivity index (χ0) is 16.8. The van der Waals surface area contributed by atoms with Crippen molar-refractivity contribution >= 4 is 38.9 Å². The second kappa shape index (κ2) is 8.37. The number of aromatic nitrogens is 2. The topological polar surface area (TPSA) is 63.8 Å². The average molecular weight is 403 g/mol. The minimum absolute atomic E-state index is 0.608. The molecule has 0 spiro atoms. The molecule has 3 N–H and O–H groups in total. The summed E-state index contributed by atoms with van der Waals surface area (Å²) in [6.45, 7) is 0.747. The molecular formula is C18H19BrN4S. The minimum Gasteiger partial charge on any atom is -0.330 e. The number of nitrogens with two attached hydrogens (primary N) is 1. The van der Waals surface area contributed by atoms with Crippen LogP contribution in [0.3, 0.4) is 0 Å². The molecule has 3 rings (SSSR count). The number of nitrogens with zero attached hydrogens (tertiary/aromatic N) is 2. The zero-order valence-electron chi connectivity index (χ0n) is 13.2. The van der Waals surface area contributed by atoms with Crippen LogP contribution in [0.5, 0.6) is 0 Å². The van der Waals surface area contributed by atoms with Gasteiger partial charge in [0, 0.05) is 11.9 Å². The maximum atomic E-state index is 5.56. The summed E-state index contributed by atoms with van der Waals surface area (Å²) in [5, 5.41) is 3.30. The van der Waals surface area contributed by atoms with Crippen molar-refractivity contribution in [2.75, 3.05) is 11.9 Å². The maximum Gasteiger partial charge on any atom is 0.227 e. The van der Waals surface area contributed by atoms with Crippen LogP contribution >= 0.6 is 27.3 Å². The van der Waals surface area contributed by atoms with Crippen LogP contribution in [-0.4, -0.2) is 16.5 Å². The molecule has 0 atom stereocenters. The highest BCUT2D eigenvalue weighted by Crippen LogP contribution is 2.30. The molecule has 3 aromatic rings. The highest BCUT2D eigenvalue weighted by molar-refractivity contribution is 9.11. The van der Waals surface area contributed by atoms with Gasteiger partial charge in [0.1, 0.15) is 0 Å². The van der Waals surface area contributed by atoms with Crippen molar-refractivity contribution in [1.29, 1.82) is 0 Å². The first-order valence-electron chi connectivity index (χ1n) is 7.89. The Morgan fingerprint density at radius 1 is 1.12 bits per heavy atom. The van der Waals surface area contributed by atoms with Gasteiger partial charge < -0.3 is 11.1 Å². The Bertz CT molecular complexity index is 803. The van der Waals surface area contributed by atoms with Crippen LogP contribution in [0.1, 0.15) is 18.4 Å². The Hall–Kier alpha value is -1.76. The molecule has 0 fully saturated rings. The number of thiophene rings is 1. The lowest BCUT2D eigenvalue weighted by atomic mass is 10.1. The number of halogens is 1. The molecule has 0 radical (unpaired) electrons. The third kappa shape index (κ3) is 4.63. The van der Waals surface area contributed by atoms with Crippen LogP contribution in [-0.2, 0) is 6.42 Å². The van der Waals surface area contributed by atoms with Crippen LogP contribution in [0.4, 0.5) is 11.6 Å². The SMILES string of the molecule is NCCCCc1cccc(Nc2nccc(-c3ccc(Br)s3)n2)c1. The molecule has 0 aliphatic carbocycles. The quantitative estimate of drug-likeness (QED) is 0.546. The third-order valence-corrected chi connectivity index (χ3v) is 5.23. The average Bonchev–Trinajstić information content (AvgIpc) is 3.02. The molecule has 24 heavy (non-hydrogen) atoms. The van der Waals surface area contributed by atoms with E-state index in [0.717, 1.165) is 45.9 Å². The zero-order valence-corrected chi connectivity index (χ0v) is 15.6. The summed E-state index contributed by atoms with van der Waals surface area (Å²) in [7, 11) is 0. The second-order valence-corrected chi connectivity index (χ2v) is 7.90. The minimum atomic E-state index is 0.608. The fourth-order valence-electron chi connectivity index (χ4n) is 2.42. The van der Waals surface area contributed by atoms with Crippen molar-refractivity contribution in [1.82, 2.24) is 9.97 Å². The Balaban J connectivity index is 1.73. The fraction of sp³-hybridized carbons (Fsp3) is 0.222. The first-order valence-corrected chi connectivity index (χ1v) is 9.50. The van der Waals surface area contributed by atoms with Gasteiger partial charge in [-0.15, -0.1) is 11.3 Å².